The van der Waals surface area contributed by atoms with Gasteiger partial charge in [-0.25, -0.2) is 8.42 Å². The van der Waals surface area contributed by atoms with Gasteiger partial charge in [-0.3, -0.25) is 13.9 Å². The molecule has 0 spiro atoms. The summed E-state index contributed by atoms with van der Waals surface area (Å²) >= 11 is 6.05. The number of halogens is 1. The lowest BCUT2D eigenvalue weighted by Gasteiger charge is -2.32. The highest BCUT2D eigenvalue weighted by Gasteiger charge is 2.29. The van der Waals surface area contributed by atoms with Crippen molar-refractivity contribution in [2.45, 2.75) is 65.1 Å². The molecule has 35 heavy (non-hydrogen) atoms. The molecule has 0 heterocycles. The standard InChI is InChI=1S/C26H36ClN3O4S/c1-5-20(3)28-26(32)24(6-2)29(19-21-12-8-7-9-13-21)25(31)16-11-17-30(35(4,33)34)23-15-10-14-22(27)18-23/h7-10,12-15,18,20,24H,5-6,11,16-17,19H2,1-4H3,(H,28,32)/t20-,24+/m0/s1. The van der Waals surface area contributed by atoms with Crippen LogP contribution in [0.2, 0.25) is 5.02 Å². The fourth-order valence-electron chi connectivity index (χ4n) is 3.78. The van der Waals surface area contributed by atoms with Crippen LogP contribution in [0.1, 0.15) is 52.0 Å². The van der Waals surface area contributed by atoms with Crippen molar-refractivity contribution in [1.29, 1.82) is 0 Å². The van der Waals surface area contributed by atoms with Crippen LogP contribution in [0.25, 0.3) is 0 Å². The first-order chi connectivity index (χ1) is 16.6. The lowest BCUT2D eigenvalue weighted by atomic mass is 10.1. The Hall–Kier alpha value is -2.58. The summed E-state index contributed by atoms with van der Waals surface area (Å²) in [6, 6.07) is 15.5. The molecule has 7 nitrogen and oxygen atoms in total. The highest BCUT2D eigenvalue weighted by molar-refractivity contribution is 7.92. The van der Waals surface area contributed by atoms with E-state index in [0.29, 0.717) is 30.1 Å². The minimum atomic E-state index is -3.57. The number of carbonyl (C=O) groups excluding carboxylic acids is 2. The summed E-state index contributed by atoms with van der Waals surface area (Å²) in [4.78, 5) is 28.0. The molecule has 0 aliphatic rings. The molecule has 2 aromatic rings. The van der Waals surface area contributed by atoms with Gasteiger partial charge in [-0.15, -0.1) is 0 Å². The number of sulfonamides is 1. The van der Waals surface area contributed by atoms with E-state index in [4.69, 9.17) is 11.6 Å². The van der Waals surface area contributed by atoms with E-state index >= 15 is 0 Å². The van der Waals surface area contributed by atoms with Crippen molar-refractivity contribution in [3.05, 3.63) is 65.2 Å². The summed E-state index contributed by atoms with van der Waals surface area (Å²) in [6.45, 7) is 6.24. The van der Waals surface area contributed by atoms with Crippen LogP contribution < -0.4 is 9.62 Å². The molecule has 0 aliphatic heterocycles. The third kappa shape index (κ3) is 8.85. The number of carbonyl (C=O) groups is 2. The number of nitrogens with one attached hydrogen (secondary N) is 1. The second-order valence-corrected chi connectivity index (χ2v) is 11.0. The molecule has 0 aromatic heterocycles. The number of benzene rings is 2. The number of hydrogen-bond acceptors (Lipinski definition) is 4. The SMILES string of the molecule is CC[C@H](C(=O)N[C@@H](C)CC)N(Cc1ccccc1)C(=O)CCCN(c1cccc(Cl)c1)S(C)(=O)=O. The predicted molar refractivity (Wildman–Crippen MR) is 142 cm³/mol. The van der Waals surface area contributed by atoms with Crippen molar-refractivity contribution in [3.8, 4) is 0 Å². The zero-order valence-corrected chi connectivity index (χ0v) is 22.5. The first-order valence-electron chi connectivity index (χ1n) is 11.9. The van der Waals surface area contributed by atoms with Crippen molar-refractivity contribution in [3.63, 3.8) is 0 Å². The first kappa shape index (κ1) is 28.7. The zero-order valence-electron chi connectivity index (χ0n) is 20.9. The first-order valence-corrected chi connectivity index (χ1v) is 14.2. The molecule has 2 amide bonds. The van der Waals surface area contributed by atoms with Gasteiger partial charge in [0.1, 0.15) is 6.04 Å². The molecule has 0 fully saturated rings. The lowest BCUT2D eigenvalue weighted by Crippen LogP contribution is -2.50. The Kier molecular flexibility index (Phi) is 11.0. The van der Waals surface area contributed by atoms with E-state index < -0.39 is 16.1 Å². The Labute approximate surface area is 214 Å². The Bertz CT molecular complexity index is 1080. The van der Waals surface area contributed by atoms with Crippen LogP contribution in [0, 0.1) is 0 Å². The fourth-order valence-corrected chi connectivity index (χ4v) is 4.92. The van der Waals surface area contributed by atoms with Gasteiger partial charge in [0.25, 0.3) is 0 Å². The van der Waals surface area contributed by atoms with Gasteiger partial charge < -0.3 is 10.2 Å². The van der Waals surface area contributed by atoms with Crippen LogP contribution >= 0.6 is 11.6 Å². The number of hydrogen-bond donors (Lipinski definition) is 1. The monoisotopic (exact) mass is 521 g/mol. The zero-order chi connectivity index (χ0) is 26.0. The van der Waals surface area contributed by atoms with Gasteiger partial charge in [0.2, 0.25) is 21.8 Å². The van der Waals surface area contributed by atoms with E-state index in [1.54, 1.807) is 29.2 Å². The van der Waals surface area contributed by atoms with Crippen LogP contribution in [0.4, 0.5) is 5.69 Å². The van der Waals surface area contributed by atoms with E-state index in [2.05, 4.69) is 5.32 Å². The fraction of sp³-hybridized carbons (Fsp3) is 0.462. The van der Waals surface area contributed by atoms with Crippen LogP contribution in [0.3, 0.4) is 0 Å². The summed E-state index contributed by atoms with van der Waals surface area (Å²) in [7, 11) is -3.57. The molecule has 0 unspecified atom stereocenters. The van der Waals surface area contributed by atoms with E-state index in [1.165, 1.54) is 4.31 Å². The minimum Gasteiger partial charge on any atom is -0.352 e. The molecule has 192 valence electrons. The number of amides is 2. The Morgan fingerprint density at radius 2 is 1.71 bits per heavy atom. The van der Waals surface area contributed by atoms with Gasteiger partial charge in [0.05, 0.1) is 11.9 Å². The lowest BCUT2D eigenvalue weighted by molar-refractivity contribution is -0.141. The molecule has 1 N–H and O–H groups in total. The Morgan fingerprint density at radius 3 is 2.29 bits per heavy atom. The molecule has 9 heteroatoms. The van der Waals surface area contributed by atoms with Crippen molar-refractivity contribution in [2.24, 2.45) is 0 Å². The van der Waals surface area contributed by atoms with Gasteiger partial charge in [0.15, 0.2) is 0 Å². The summed E-state index contributed by atoms with van der Waals surface area (Å²) in [5.41, 5.74) is 1.38. The van der Waals surface area contributed by atoms with Crippen molar-refractivity contribution >= 4 is 39.1 Å². The van der Waals surface area contributed by atoms with Crippen LogP contribution in [0.5, 0.6) is 0 Å². The summed E-state index contributed by atoms with van der Waals surface area (Å²) < 4.78 is 26.1. The summed E-state index contributed by atoms with van der Waals surface area (Å²) in [6.07, 6.45) is 2.79. The van der Waals surface area contributed by atoms with Crippen molar-refractivity contribution < 1.29 is 18.0 Å². The third-order valence-corrected chi connectivity index (χ3v) is 7.26. The van der Waals surface area contributed by atoms with Crippen LogP contribution in [-0.2, 0) is 26.2 Å². The summed E-state index contributed by atoms with van der Waals surface area (Å²) in [5.74, 6) is -0.373. The van der Waals surface area contributed by atoms with E-state index in [0.717, 1.165) is 18.2 Å². The average molecular weight is 522 g/mol. The Balaban J connectivity index is 2.19. The molecule has 2 atom stereocenters. The van der Waals surface area contributed by atoms with Crippen LogP contribution in [0.15, 0.2) is 54.6 Å². The normalized spacial score (nSPS) is 13.1. The predicted octanol–water partition coefficient (Wildman–Crippen LogP) is 4.61. The maximum Gasteiger partial charge on any atom is 0.243 e. The van der Waals surface area contributed by atoms with Crippen molar-refractivity contribution in [1.82, 2.24) is 10.2 Å². The molecule has 0 saturated carbocycles. The van der Waals surface area contributed by atoms with Gasteiger partial charge in [-0.1, -0.05) is 61.8 Å². The molecule has 2 rings (SSSR count). The van der Waals surface area contributed by atoms with Gasteiger partial charge in [-0.05, 0) is 49.9 Å². The topological polar surface area (TPSA) is 86.8 Å². The second-order valence-electron chi connectivity index (χ2n) is 8.67. The van der Waals surface area contributed by atoms with Gasteiger partial charge >= 0.3 is 0 Å². The van der Waals surface area contributed by atoms with Gasteiger partial charge in [0, 0.05) is 30.6 Å². The number of rotatable bonds is 13. The smallest absolute Gasteiger partial charge is 0.243 e. The molecule has 0 saturated heterocycles. The maximum absolute atomic E-state index is 13.4. The third-order valence-electron chi connectivity index (χ3n) is 5.83. The minimum absolute atomic E-state index is 0.00578. The van der Waals surface area contributed by atoms with E-state index in [-0.39, 0.29) is 30.8 Å². The number of anilines is 1. The molecule has 0 radical (unpaired) electrons. The maximum atomic E-state index is 13.4. The number of nitrogens with zero attached hydrogens (tertiary/aromatic N) is 2. The second kappa shape index (κ2) is 13.5. The van der Waals surface area contributed by atoms with Crippen LogP contribution in [-0.4, -0.2) is 50.0 Å². The average Bonchev–Trinajstić information content (AvgIpc) is 2.81. The molecule has 2 aromatic carbocycles. The highest BCUT2D eigenvalue weighted by Crippen LogP contribution is 2.23. The highest BCUT2D eigenvalue weighted by atomic mass is 35.5. The Morgan fingerprint density at radius 1 is 1.03 bits per heavy atom. The molecular weight excluding hydrogens is 486 g/mol. The van der Waals surface area contributed by atoms with E-state index in [1.807, 2.05) is 51.1 Å². The van der Waals surface area contributed by atoms with E-state index in [9.17, 15) is 18.0 Å². The quantitative estimate of drug-likeness (QED) is 0.417. The largest absolute Gasteiger partial charge is 0.352 e. The van der Waals surface area contributed by atoms with Gasteiger partial charge in [-0.2, -0.15) is 0 Å². The summed E-state index contributed by atoms with van der Waals surface area (Å²) in [5, 5.41) is 3.42. The van der Waals surface area contributed by atoms with Crippen molar-refractivity contribution in [2.75, 3.05) is 17.1 Å². The molecule has 0 aliphatic carbocycles. The molecular formula is C26H36ClN3O4S. The molecule has 0 bridgehead atoms.